The van der Waals surface area contributed by atoms with E-state index in [1.165, 1.54) is 11.8 Å². The van der Waals surface area contributed by atoms with E-state index in [9.17, 15) is 9.59 Å². The second-order valence-electron chi connectivity index (χ2n) is 6.90. The zero-order valence-corrected chi connectivity index (χ0v) is 15.8. The Morgan fingerprint density at radius 1 is 1.04 bits per heavy atom. The average molecular weight is 376 g/mol. The third kappa shape index (κ3) is 3.00. The molecule has 0 atom stereocenters. The van der Waals surface area contributed by atoms with Crippen LogP contribution in [0.4, 0.5) is 0 Å². The number of aromatic amines is 2. The molecule has 0 spiro atoms. The molecule has 2 aromatic heterocycles. The van der Waals surface area contributed by atoms with Crippen LogP contribution < -0.4 is 16.0 Å². The highest BCUT2D eigenvalue weighted by Crippen LogP contribution is 2.25. The maximum Gasteiger partial charge on any atom is 0.350 e. The van der Waals surface area contributed by atoms with Gasteiger partial charge in [0, 0.05) is 10.9 Å². The summed E-state index contributed by atoms with van der Waals surface area (Å²) in [5.41, 5.74) is 2.36. The van der Waals surface area contributed by atoms with Gasteiger partial charge < -0.3 is 14.7 Å². The monoisotopic (exact) mass is 376 g/mol. The molecule has 4 rings (SSSR count). The Morgan fingerprint density at radius 3 is 2.46 bits per heavy atom. The normalized spacial score (nSPS) is 11.9. The number of nitrogens with one attached hydrogen (secondary N) is 2. The van der Waals surface area contributed by atoms with Crippen LogP contribution in [0, 0.1) is 0 Å². The number of ether oxygens (including phenoxy) is 1. The Balaban J connectivity index is 1.80. The topological polar surface area (TPSA) is 92.2 Å². The third-order valence-electron chi connectivity index (χ3n) is 4.76. The number of benzene rings is 2. The molecule has 2 heterocycles. The minimum absolute atomic E-state index is 0.287. The standard InChI is InChI=1S/C21H20N4O3/c1-12(2)14-6-4-13(5-7-14)11-22-25-20(26)19-18(24-21(25)27)16-10-15(28-3)8-9-17(16)23-19/h4-12,23H,1-3H3,(H,24,27)/b22-11-. The maximum absolute atomic E-state index is 12.8. The molecule has 0 saturated carbocycles. The Hall–Kier alpha value is -3.61. The van der Waals surface area contributed by atoms with Crippen LogP contribution in [0.1, 0.15) is 30.9 Å². The SMILES string of the molecule is COc1ccc2[nH]c3c(=O)n(/N=C\c4ccc(C(C)C)cc4)c(=O)[nH]c3c2c1. The van der Waals surface area contributed by atoms with Gasteiger partial charge in [-0.05, 0) is 35.2 Å². The summed E-state index contributed by atoms with van der Waals surface area (Å²) in [6, 6.07) is 13.2. The average Bonchev–Trinajstić information content (AvgIpc) is 3.06. The van der Waals surface area contributed by atoms with Gasteiger partial charge in [-0.15, -0.1) is 4.68 Å². The number of methoxy groups -OCH3 is 1. The lowest BCUT2D eigenvalue weighted by molar-refractivity contribution is 0.415. The van der Waals surface area contributed by atoms with Gasteiger partial charge in [0.2, 0.25) is 0 Å². The molecular weight excluding hydrogens is 356 g/mol. The first kappa shape index (κ1) is 17.8. The highest BCUT2D eigenvalue weighted by Gasteiger charge is 2.13. The van der Waals surface area contributed by atoms with Gasteiger partial charge in [-0.2, -0.15) is 5.10 Å². The number of hydrogen-bond donors (Lipinski definition) is 2. The molecular formula is C21H20N4O3. The summed E-state index contributed by atoms with van der Waals surface area (Å²) in [5, 5.41) is 4.81. The van der Waals surface area contributed by atoms with E-state index in [1.807, 2.05) is 24.3 Å². The van der Waals surface area contributed by atoms with Crippen LogP contribution >= 0.6 is 0 Å². The van der Waals surface area contributed by atoms with Crippen molar-refractivity contribution in [3.8, 4) is 5.75 Å². The van der Waals surface area contributed by atoms with E-state index >= 15 is 0 Å². The predicted octanol–water partition coefficient (Wildman–Crippen LogP) is 3.19. The van der Waals surface area contributed by atoms with E-state index in [4.69, 9.17) is 4.74 Å². The lowest BCUT2D eigenvalue weighted by Gasteiger charge is -2.04. The fourth-order valence-electron chi connectivity index (χ4n) is 3.14. The Morgan fingerprint density at radius 2 is 1.79 bits per heavy atom. The molecule has 4 aromatic rings. The summed E-state index contributed by atoms with van der Waals surface area (Å²) >= 11 is 0. The van der Waals surface area contributed by atoms with E-state index in [0.717, 1.165) is 15.8 Å². The summed E-state index contributed by atoms with van der Waals surface area (Å²) in [6.07, 6.45) is 1.50. The molecule has 0 saturated heterocycles. The molecule has 0 amide bonds. The molecule has 28 heavy (non-hydrogen) atoms. The van der Waals surface area contributed by atoms with Crippen LogP contribution in [-0.4, -0.2) is 28.0 Å². The van der Waals surface area contributed by atoms with E-state index in [2.05, 4.69) is 28.9 Å². The molecule has 0 radical (unpaired) electrons. The number of hydrogen-bond acceptors (Lipinski definition) is 4. The molecule has 142 valence electrons. The number of rotatable bonds is 4. The molecule has 7 nitrogen and oxygen atoms in total. The fraction of sp³-hybridized carbons (Fsp3) is 0.190. The zero-order chi connectivity index (χ0) is 19.8. The smallest absolute Gasteiger partial charge is 0.350 e. The minimum atomic E-state index is -0.601. The van der Waals surface area contributed by atoms with Crippen molar-refractivity contribution >= 4 is 28.2 Å². The van der Waals surface area contributed by atoms with E-state index in [0.29, 0.717) is 22.6 Å². The second-order valence-corrected chi connectivity index (χ2v) is 6.90. The van der Waals surface area contributed by atoms with Crippen LogP contribution in [0.5, 0.6) is 5.75 Å². The molecule has 0 bridgehead atoms. The number of nitrogens with zero attached hydrogens (tertiary/aromatic N) is 2. The van der Waals surface area contributed by atoms with Gasteiger partial charge in [0.15, 0.2) is 0 Å². The Bertz CT molecular complexity index is 1310. The first-order chi connectivity index (χ1) is 13.5. The van der Waals surface area contributed by atoms with Crippen molar-refractivity contribution in [1.29, 1.82) is 0 Å². The second kappa shape index (κ2) is 6.84. The van der Waals surface area contributed by atoms with Gasteiger partial charge in [0.05, 0.1) is 18.8 Å². The number of fused-ring (bicyclic) bond motifs is 3. The first-order valence-electron chi connectivity index (χ1n) is 8.97. The van der Waals surface area contributed by atoms with Crippen LogP contribution in [0.25, 0.3) is 21.9 Å². The minimum Gasteiger partial charge on any atom is -0.497 e. The Kier molecular flexibility index (Phi) is 4.35. The van der Waals surface area contributed by atoms with Crippen LogP contribution in [0.3, 0.4) is 0 Å². The molecule has 0 aliphatic carbocycles. The highest BCUT2D eigenvalue weighted by atomic mass is 16.5. The van der Waals surface area contributed by atoms with Gasteiger partial charge in [0.1, 0.15) is 11.3 Å². The van der Waals surface area contributed by atoms with Crippen molar-refractivity contribution in [3.63, 3.8) is 0 Å². The molecule has 2 N–H and O–H groups in total. The van der Waals surface area contributed by atoms with Crippen molar-refractivity contribution in [1.82, 2.24) is 14.6 Å². The van der Waals surface area contributed by atoms with Gasteiger partial charge in [0.25, 0.3) is 0 Å². The summed E-state index contributed by atoms with van der Waals surface area (Å²) in [6.45, 7) is 4.24. The lowest BCUT2D eigenvalue weighted by Crippen LogP contribution is -2.32. The van der Waals surface area contributed by atoms with Crippen LogP contribution in [0.2, 0.25) is 0 Å². The van der Waals surface area contributed by atoms with Crippen LogP contribution in [-0.2, 0) is 0 Å². The quantitative estimate of drug-likeness (QED) is 0.536. The van der Waals surface area contributed by atoms with Gasteiger partial charge in [-0.1, -0.05) is 38.1 Å². The summed E-state index contributed by atoms with van der Waals surface area (Å²) in [5.74, 6) is 1.07. The first-order valence-corrected chi connectivity index (χ1v) is 8.97. The van der Waals surface area contributed by atoms with E-state index in [1.54, 1.807) is 25.3 Å². The predicted molar refractivity (Wildman–Crippen MR) is 111 cm³/mol. The van der Waals surface area contributed by atoms with E-state index in [-0.39, 0.29) is 5.52 Å². The molecule has 2 aromatic carbocycles. The maximum atomic E-state index is 12.8. The molecule has 0 fully saturated rings. The Labute approximate surface area is 160 Å². The van der Waals surface area contributed by atoms with Crippen molar-refractivity contribution in [3.05, 3.63) is 74.4 Å². The number of H-pyrrole nitrogens is 2. The number of aromatic nitrogens is 3. The molecule has 0 aliphatic rings. The highest BCUT2D eigenvalue weighted by molar-refractivity contribution is 6.04. The van der Waals surface area contributed by atoms with Crippen LogP contribution in [0.15, 0.2) is 57.2 Å². The fourth-order valence-corrected chi connectivity index (χ4v) is 3.14. The molecule has 0 aliphatic heterocycles. The van der Waals surface area contributed by atoms with Crippen molar-refractivity contribution in [2.75, 3.05) is 7.11 Å². The molecule has 0 unspecified atom stereocenters. The summed E-state index contributed by atoms with van der Waals surface area (Å²) in [4.78, 5) is 31.1. The van der Waals surface area contributed by atoms with Gasteiger partial charge in [-0.3, -0.25) is 4.79 Å². The van der Waals surface area contributed by atoms with Gasteiger partial charge in [-0.25, -0.2) is 4.79 Å². The van der Waals surface area contributed by atoms with Crippen molar-refractivity contribution < 1.29 is 4.74 Å². The summed E-state index contributed by atoms with van der Waals surface area (Å²) in [7, 11) is 1.56. The van der Waals surface area contributed by atoms with E-state index < -0.39 is 11.2 Å². The van der Waals surface area contributed by atoms with Crippen molar-refractivity contribution in [2.24, 2.45) is 5.10 Å². The van der Waals surface area contributed by atoms with Crippen molar-refractivity contribution in [2.45, 2.75) is 19.8 Å². The lowest BCUT2D eigenvalue weighted by atomic mass is 10.0. The molecule has 7 heteroatoms. The zero-order valence-electron chi connectivity index (χ0n) is 15.8. The third-order valence-corrected chi connectivity index (χ3v) is 4.76. The summed E-state index contributed by atoms with van der Waals surface area (Å²) < 4.78 is 6.05. The largest absolute Gasteiger partial charge is 0.497 e. The van der Waals surface area contributed by atoms with Gasteiger partial charge >= 0.3 is 11.2 Å².